The van der Waals surface area contributed by atoms with Gasteiger partial charge in [0, 0.05) is 36.8 Å². The predicted molar refractivity (Wildman–Crippen MR) is 116 cm³/mol. The van der Waals surface area contributed by atoms with Crippen LogP contribution in [0.2, 0.25) is 0 Å². The third-order valence-corrected chi connectivity index (χ3v) is 4.68. The van der Waals surface area contributed by atoms with Crippen molar-refractivity contribution in [3.8, 4) is 0 Å². The van der Waals surface area contributed by atoms with E-state index in [1.807, 2.05) is 27.7 Å². The molecular weight excluding hydrogens is 370 g/mol. The SMILES string of the molecule is CC.CC(=O)N(C1=C(C)C(=O)CC(C)(C)C1)c1ccc(C(N)=O)c(NCCO)c1. The Morgan fingerprint density at radius 2 is 1.86 bits per heavy atom. The number of nitrogens with two attached hydrogens (primary N) is 1. The Morgan fingerprint density at radius 1 is 1.24 bits per heavy atom. The minimum absolute atomic E-state index is 0.0277. The van der Waals surface area contributed by atoms with E-state index in [0.717, 1.165) is 0 Å². The average Bonchev–Trinajstić information content (AvgIpc) is 2.64. The Morgan fingerprint density at radius 3 is 2.38 bits per heavy atom. The number of aliphatic hydroxyl groups excluding tert-OH is 1. The fraction of sp³-hybridized carbons (Fsp3) is 0.500. The Kier molecular flexibility index (Phi) is 8.58. The number of benzene rings is 1. The highest BCUT2D eigenvalue weighted by molar-refractivity contribution is 6.04. The molecule has 0 radical (unpaired) electrons. The second-order valence-corrected chi connectivity index (χ2v) is 7.61. The number of carbonyl (C=O) groups excluding carboxylic acids is 3. The van der Waals surface area contributed by atoms with E-state index in [0.29, 0.717) is 35.5 Å². The van der Waals surface area contributed by atoms with Crippen molar-refractivity contribution < 1.29 is 19.5 Å². The van der Waals surface area contributed by atoms with Crippen LogP contribution >= 0.6 is 0 Å². The molecule has 0 saturated carbocycles. The molecule has 0 saturated heterocycles. The highest BCUT2D eigenvalue weighted by Gasteiger charge is 2.35. The Bertz CT molecular complexity index is 812. The van der Waals surface area contributed by atoms with E-state index < -0.39 is 5.91 Å². The van der Waals surface area contributed by atoms with Gasteiger partial charge in [0.1, 0.15) is 0 Å². The van der Waals surface area contributed by atoms with Crippen molar-refractivity contribution in [2.45, 2.75) is 54.4 Å². The number of amides is 2. The minimum Gasteiger partial charge on any atom is -0.395 e. The summed E-state index contributed by atoms with van der Waals surface area (Å²) in [7, 11) is 0. The molecule has 0 unspecified atom stereocenters. The van der Waals surface area contributed by atoms with E-state index in [4.69, 9.17) is 10.8 Å². The Labute approximate surface area is 173 Å². The van der Waals surface area contributed by atoms with Gasteiger partial charge in [-0.3, -0.25) is 19.3 Å². The summed E-state index contributed by atoms with van der Waals surface area (Å²) < 4.78 is 0. The molecule has 1 aliphatic carbocycles. The van der Waals surface area contributed by atoms with Crippen LogP contribution in [0.4, 0.5) is 11.4 Å². The lowest BCUT2D eigenvalue weighted by atomic mass is 9.75. The molecule has 2 amide bonds. The molecule has 0 aromatic heterocycles. The molecule has 4 N–H and O–H groups in total. The molecule has 0 atom stereocenters. The summed E-state index contributed by atoms with van der Waals surface area (Å²) in [5.74, 6) is -0.810. The summed E-state index contributed by atoms with van der Waals surface area (Å²) >= 11 is 0. The summed E-state index contributed by atoms with van der Waals surface area (Å²) in [4.78, 5) is 38.1. The standard InChI is InChI=1S/C20H27N3O4.C2H6/c1-12-17(10-20(3,4)11-18(12)26)23(13(2)25)14-5-6-15(19(21)27)16(9-14)22-7-8-24;1-2/h5-6,9,22,24H,7-8,10-11H2,1-4H3,(H2,21,27);1-2H3. The zero-order chi connectivity index (χ0) is 22.4. The quantitative estimate of drug-likeness (QED) is 0.675. The molecule has 7 nitrogen and oxygen atoms in total. The molecule has 7 heteroatoms. The lowest BCUT2D eigenvalue weighted by molar-refractivity contribution is -0.118. The minimum atomic E-state index is -0.610. The fourth-order valence-electron chi connectivity index (χ4n) is 3.37. The van der Waals surface area contributed by atoms with Crippen LogP contribution in [0.5, 0.6) is 0 Å². The van der Waals surface area contributed by atoms with Crippen molar-refractivity contribution in [1.82, 2.24) is 0 Å². The molecule has 1 aromatic carbocycles. The molecule has 0 bridgehead atoms. The number of hydrogen-bond donors (Lipinski definition) is 3. The number of anilines is 2. The normalized spacial score (nSPS) is 15.3. The third kappa shape index (κ3) is 5.90. The highest BCUT2D eigenvalue weighted by Crippen LogP contribution is 2.40. The molecule has 1 aromatic rings. The van der Waals surface area contributed by atoms with Gasteiger partial charge >= 0.3 is 0 Å². The number of nitrogens with zero attached hydrogens (tertiary/aromatic N) is 1. The van der Waals surface area contributed by atoms with Gasteiger partial charge in [0.2, 0.25) is 5.91 Å². The van der Waals surface area contributed by atoms with Crippen molar-refractivity contribution in [3.05, 3.63) is 35.0 Å². The summed E-state index contributed by atoms with van der Waals surface area (Å²) in [6.07, 6.45) is 1.03. The summed E-state index contributed by atoms with van der Waals surface area (Å²) in [5.41, 5.74) is 7.65. The maximum absolute atomic E-state index is 12.5. The van der Waals surface area contributed by atoms with Gasteiger partial charge in [-0.25, -0.2) is 0 Å². The first-order valence-electron chi connectivity index (χ1n) is 9.89. The van der Waals surface area contributed by atoms with Crippen LogP contribution in [0.25, 0.3) is 0 Å². The Hall–Kier alpha value is -2.67. The second kappa shape index (κ2) is 10.2. The third-order valence-electron chi connectivity index (χ3n) is 4.68. The number of aliphatic hydroxyl groups is 1. The molecule has 2 rings (SSSR count). The topological polar surface area (TPSA) is 113 Å². The van der Waals surface area contributed by atoms with Crippen LogP contribution in [0.15, 0.2) is 29.5 Å². The molecule has 0 heterocycles. The van der Waals surface area contributed by atoms with E-state index in [1.54, 1.807) is 25.1 Å². The predicted octanol–water partition coefficient (Wildman–Crippen LogP) is 3.23. The second-order valence-electron chi connectivity index (χ2n) is 7.61. The maximum atomic E-state index is 12.5. The zero-order valence-corrected chi connectivity index (χ0v) is 18.3. The molecule has 1 aliphatic rings. The first-order valence-corrected chi connectivity index (χ1v) is 9.89. The number of nitrogens with one attached hydrogen (secondary N) is 1. The highest BCUT2D eigenvalue weighted by atomic mass is 16.3. The van der Waals surface area contributed by atoms with Gasteiger partial charge in [-0.05, 0) is 37.0 Å². The lowest BCUT2D eigenvalue weighted by Crippen LogP contribution is -2.36. The van der Waals surface area contributed by atoms with Gasteiger partial charge in [-0.2, -0.15) is 0 Å². The molecule has 160 valence electrons. The van der Waals surface area contributed by atoms with Crippen molar-refractivity contribution >= 4 is 29.0 Å². The van der Waals surface area contributed by atoms with Gasteiger partial charge in [0.15, 0.2) is 5.78 Å². The number of ketones is 1. The number of Topliss-reactive ketones (excluding diaryl/α,β-unsaturated/α-hetero) is 1. The van der Waals surface area contributed by atoms with E-state index >= 15 is 0 Å². The molecular formula is C22H33N3O4. The van der Waals surface area contributed by atoms with Gasteiger partial charge in [0.25, 0.3) is 5.91 Å². The molecule has 29 heavy (non-hydrogen) atoms. The van der Waals surface area contributed by atoms with E-state index in [2.05, 4.69) is 5.32 Å². The molecule has 0 aliphatic heterocycles. The van der Waals surface area contributed by atoms with E-state index in [1.165, 1.54) is 11.8 Å². The van der Waals surface area contributed by atoms with Gasteiger partial charge < -0.3 is 16.2 Å². The van der Waals surface area contributed by atoms with Crippen LogP contribution in [-0.2, 0) is 9.59 Å². The largest absolute Gasteiger partial charge is 0.395 e. The van der Waals surface area contributed by atoms with Crippen LogP contribution in [0.3, 0.4) is 0 Å². The smallest absolute Gasteiger partial charge is 0.250 e. The van der Waals surface area contributed by atoms with Crippen molar-refractivity contribution in [2.75, 3.05) is 23.4 Å². The number of hydrogen-bond acceptors (Lipinski definition) is 5. The van der Waals surface area contributed by atoms with Crippen LogP contribution in [0, 0.1) is 5.41 Å². The molecule has 0 fully saturated rings. The van der Waals surface area contributed by atoms with Crippen LogP contribution in [0.1, 0.15) is 64.7 Å². The lowest BCUT2D eigenvalue weighted by Gasteiger charge is -2.36. The van der Waals surface area contributed by atoms with Crippen LogP contribution in [-0.4, -0.2) is 35.9 Å². The van der Waals surface area contributed by atoms with Gasteiger partial charge in [-0.1, -0.05) is 27.7 Å². The summed E-state index contributed by atoms with van der Waals surface area (Å²) in [6, 6.07) is 4.82. The van der Waals surface area contributed by atoms with Crippen LogP contribution < -0.4 is 16.0 Å². The monoisotopic (exact) mass is 403 g/mol. The first kappa shape index (κ1) is 24.4. The fourth-order valence-corrected chi connectivity index (χ4v) is 3.37. The first-order chi connectivity index (χ1) is 13.6. The Balaban J connectivity index is 0.00000204. The van der Waals surface area contributed by atoms with Crippen molar-refractivity contribution in [3.63, 3.8) is 0 Å². The summed E-state index contributed by atoms with van der Waals surface area (Å²) in [6.45, 7) is 11.3. The number of carbonyl (C=O) groups is 3. The molecule has 0 spiro atoms. The van der Waals surface area contributed by atoms with Gasteiger partial charge in [-0.15, -0.1) is 0 Å². The average molecular weight is 404 g/mol. The number of primary amides is 1. The van der Waals surface area contributed by atoms with E-state index in [-0.39, 0.29) is 35.8 Å². The van der Waals surface area contributed by atoms with Crippen molar-refractivity contribution in [1.29, 1.82) is 0 Å². The van der Waals surface area contributed by atoms with Gasteiger partial charge in [0.05, 0.1) is 17.9 Å². The van der Waals surface area contributed by atoms with E-state index in [9.17, 15) is 14.4 Å². The number of allylic oxidation sites excluding steroid dienone is 2. The van der Waals surface area contributed by atoms with Crippen molar-refractivity contribution in [2.24, 2.45) is 11.1 Å². The summed E-state index contributed by atoms with van der Waals surface area (Å²) in [5, 5.41) is 12.0. The zero-order valence-electron chi connectivity index (χ0n) is 18.3. The number of rotatable bonds is 6. The maximum Gasteiger partial charge on any atom is 0.250 e.